The molecule has 0 aromatic carbocycles. The van der Waals surface area contributed by atoms with Crippen molar-refractivity contribution in [1.82, 2.24) is 0 Å². The second kappa shape index (κ2) is 4.85. The van der Waals surface area contributed by atoms with Crippen molar-refractivity contribution in [1.29, 1.82) is 0 Å². The average molecular weight is 192 g/mol. The molecule has 0 saturated carbocycles. The summed E-state index contributed by atoms with van der Waals surface area (Å²) in [7, 11) is -2.80. The summed E-state index contributed by atoms with van der Waals surface area (Å²) in [5.74, 6) is 0.678. The van der Waals surface area contributed by atoms with E-state index in [-0.39, 0.29) is 5.25 Å². The summed E-state index contributed by atoms with van der Waals surface area (Å²) in [5.41, 5.74) is 0. The molecule has 12 heavy (non-hydrogen) atoms. The van der Waals surface area contributed by atoms with Crippen LogP contribution in [0.2, 0.25) is 0 Å². The minimum atomic E-state index is -2.80. The summed E-state index contributed by atoms with van der Waals surface area (Å²) >= 11 is 0. The lowest BCUT2D eigenvalue weighted by Crippen LogP contribution is -2.15. The zero-order valence-corrected chi connectivity index (χ0v) is 9.32. The van der Waals surface area contributed by atoms with Gasteiger partial charge >= 0.3 is 0 Å². The molecule has 0 aliphatic carbocycles. The van der Waals surface area contributed by atoms with E-state index in [1.54, 1.807) is 6.92 Å². The molecule has 74 valence electrons. The van der Waals surface area contributed by atoms with Crippen molar-refractivity contribution in [3.8, 4) is 0 Å². The fraction of sp³-hybridized carbons (Fsp3) is 1.00. The molecule has 0 fully saturated rings. The Morgan fingerprint density at radius 1 is 1.08 bits per heavy atom. The third-order valence-corrected chi connectivity index (χ3v) is 3.82. The highest BCUT2D eigenvalue weighted by atomic mass is 32.2. The van der Waals surface area contributed by atoms with Gasteiger partial charge in [0.2, 0.25) is 0 Å². The van der Waals surface area contributed by atoms with E-state index >= 15 is 0 Å². The van der Waals surface area contributed by atoms with Crippen molar-refractivity contribution in [2.75, 3.05) is 6.26 Å². The van der Waals surface area contributed by atoms with Crippen molar-refractivity contribution in [2.45, 2.75) is 45.3 Å². The summed E-state index contributed by atoms with van der Waals surface area (Å²) in [4.78, 5) is 0. The standard InChI is InChI=1S/C9H20O2S/c1-8(2)6-5-7-9(3)12(4,10)11/h8-9H,5-7H2,1-4H3. The highest BCUT2D eigenvalue weighted by Gasteiger charge is 2.13. The van der Waals surface area contributed by atoms with Gasteiger partial charge in [0.1, 0.15) is 9.84 Å². The monoisotopic (exact) mass is 192 g/mol. The smallest absolute Gasteiger partial charge is 0.150 e. The lowest BCUT2D eigenvalue weighted by atomic mass is 10.1. The maximum atomic E-state index is 11.0. The molecule has 0 bridgehead atoms. The average Bonchev–Trinajstić information content (AvgIpc) is 1.84. The molecular formula is C9H20O2S. The van der Waals surface area contributed by atoms with E-state index in [9.17, 15) is 8.42 Å². The molecule has 0 aliphatic heterocycles. The fourth-order valence-corrected chi connectivity index (χ4v) is 1.62. The second-order valence-electron chi connectivity index (χ2n) is 3.96. The van der Waals surface area contributed by atoms with Gasteiger partial charge in [-0.05, 0) is 19.3 Å². The van der Waals surface area contributed by atoms with E-state index in [4.69, 9.17) is 0 Å². The Bertz CT molecular complexity index is 205. The molecule has 0 N–H and O–H groups in total. The molecule has 1 unspecified atom stereocenters. The number of rotatable bonds is 5. The summed E-state index contributed by atoms with van der Waals surface area (Å²) in [6, 6.07) is 0. The normalized spacial score (nSPS) is 15.1. The van der Waals surface area contributed by atoms with Gasteiger partial charge in [0.05, 0.1) is 5.25 Å². The van der Waals surface area contributed by atoms with Crippen LogP contribution in [0.4, 0.5) is 0 Å². The summed E-state index contributed by atoms with van der Waals surface area (Å²) in [6.45, 7) is 6.10. The quantitative estimate of drug-likeness (QED) is 0.669. The fourth-order valence-electron chi connectivity index (χ4n) is 1.03. The highest BCUT2D eigenvalue weighted by molar-refractivity contribution is 7.91. The van der Waals surface area contributed by atoms with Crippen LogP contribution in [0.3, 0.4) is 0 Å². The molecule has 0 spiro atoms. The molecule has 0 aromatic heterocycles. The first-order valence-electron chi connectivity index (χ1n) is 4.53. The predicted octanol–water partition coefficient (Wildman–Crippen LogP) is 2.25. The highest BCUT2D eigenvalue weighted by Crippen LogP contribution is 2.12. The van der Waals surface area contributed by atoms with Crippen LogP contribution in [-0.4, -0.2) is 19.9 Å². The lowest BCUT2D eigenvalue weighted by molar-refractivity contribution is 0.524. The van der Waals surface area contributed by atoms with Gasteiger partial charge in [0, 0.05) is 6.26 Å². The van der Waals surface area contributed by atoms with Crippen molar-refractivity contribution < 1.29 is 8.42 Å². The molecule has 0 saturated heterocycles. The van der Waals surface area contributed by atoms with E-state index in [0.29, 0.717) is 5.92 Å². The molecular weight excluding hydrogens is 172 g/mol. The van der Waals surface area contributed by atoms with Gasteiger partial charge in [-0.1, -0.05) is 26.7 Å². The van der Waals surface area contributed by atoms with Crippen molar-refractivity contribution >= 4 is 9.84 Å². The third kappa shape index (κ3) is 5.58. The van der Waals surface area contributed by atoms with Crippen LogP contribution >= 0.6 is 0 Å². The topological polar surface area (TPSA) is 34.1 Å². The Morgan fingerprint density at radius 3 is 1.92 bits per heavy atom. The van der Waals surface area contributed by atoms with Crippen molar-refractivity contribution in [2.24, 2.45) is 5.92 Å². The SMILES string of the molecule is CC(C)CCCC(C)S(C)(=O)=O. The molecule has 0 radical (unpaired) electrons. The van der Waals surface area contributed by atoms with Gasteiger partial charge in [0.25, 0.3) is 0 Å². The molecule has 3 heteroatoms. The van der Waals surface area contributed by atoms with Gasteiger partial charge in [-0.25, -0.2) is 8.42 Å². The predicted molar refractivity (Wildman–Crippen MR) is 53.0 cm³/mol. The number of sulfone groups is 1. The first kappa shape index (κ1) is 11.9. The van der Waals surface area contributed by atoms with E-state index < -0.39 is 9.84 Å². The van der Waals surface area contributed by atoms with Crippen molar-refractivity contribution in [3.63, 3.8) is 0 Å². The summed E-state index contributed by atoms with van der Waals surface area (Å²) < 4.78 is 22.0. The molecule has 0 amide bonds. The Balaban J connectivity index is 3.66. The van der Waals surface area contributed by atoms with Gasteiger partial charge in [-0.3, -0.25) is 0 Å². The van der Waals surface area contributed by atoms with Gasteiger partial charge in [-0.2, -0.15) is 0 Å². The van der Waals surface area contributed by atoms with Crippen LogP contribution < -0.4 is 0 Å². The van der Waals surface area contributed by atoms with Crippen LogP contribution in [0.15, 0.2) is 0 Å². The number of hydrogen-bond acceptors (Lipinski definition) is 2. The molecule has 0 rings (SSSR count). The van der Waals surface area contributed by atoms with Gasteiger partial charge in [0.15, 0.2) is 0 Å². The van der Waals surface area contributed by atoms with Crippen LogP contribution in [0.1, 0.15) is 40.0 Å². The van der Waals surface area contributed by atoms with Crippen molar-refractivity contribution in [3.05, 3.63) is 0 Å². The van der Waals surface area contributed by atoms with Gasteiger partial charge < -0.3 is 0 Å². The Kier molecular flexibility index (Phi) is 4.83. The van der Waals surface area contributed by atoms with E-state index in [1.807, 2.05) is 0 Å². The van der Waals surface area contributed by atoms with Crippen LogP contribution in [-0.2, 0) is 9.84 Å². The van der Waals surface area contributed by atoms with Crippen LogP contribution in [0, 0.1) is 5.92 Å². The van der Waals surface area contributed by atoms with E-state index in [1.165, 1.54) is 6.26 Å². The second-order valence-corrected chi connectivity index (χ2v) is 6.43. The molecule has 0 aliphatic rings. The molecule has 0 heterocycles. The largest absolute Gasteiger partial charge is 0.229 e. The third-order valence-electron chi connectivity index (χ3n) is 2.12. The minimum absolute atomic E-state index is 0.170. The lowest BCUT2D eigenvalue weighted by Gasteiger charge is -2.09. The molecule has 2 nitrogen and oxygen atoms in total. The maximum absolute atomic E-state index is 11.0. The molecule has 1 atom stereocenters. The first-order chi connectivity index (χ1) is 5.34. The first-order valence-corrected chi connectivity index (χ1v) is 6.48. The Hall–Kier alpha value is -0.0500. The van der Waals surface area contributed by atoms with E-state index in [0.717, 1.165) is 19.3 Å². The zero-order chi connectivity index (χ0) is 9.78. The Labute approximate surface area is 76.3 Å². The zero-order valence-electron chi connectivity index (χ0n) is 8.50. The summed E-state index contributed by atoms with van der Waals surface area (Å²) in [5, 5.41) is -0.170. The Morgan fingerprint density at radius 2 is 1.58 bits per heavy atom. The summed E-state index contributed by atoms with van der Waals surface area (Å²) in [6.07, 6.45) is 4.26. The molecule has 0 aromatic rings. The van der Waals surface area contributed by atoms with Crippen LogP contribution in [0.25, 0.3) is 0 Å². The van der Waals surface area contributed by atoms with Crippen LogP contribution in [0.5, 0.6) is 0 Å². The van der Waals surface area contributed by atoms with Gasteiger partial charge in [-0.15, -0.1) is 0 Å². The van der Waals surface area contributed by atoms with E-state index in [2.05, 4.69) is 13.8 Å². The minimum Gasteiger partial charge on any atom is -0.229 e. The maximum Gasteiger partial charge on any atom is 0.150 e. The number of hydrogen-bond donors (Lipinski definition) is 0.